The van der Waals surface area contributed by atoms with Crippen LogP contribution in [0.15, 0.2) is 36.5 Å². The smallest absolute Gasteiger partial charge is 0.409 e. The molecule has 2 aromatic rings. The minimum Gasteiger partial charge on any atom is -0.464 e. The molecule has 0 bridgehead atoms. The summed E-state index contributed by atoms with van der Waals surface area (Å²) in [6, 6.07) is 7.83. The Morgan fingerprint density at radius 3 is 2.72 bits per heavy atom. The number of hydrogen-bond donors (Lipinski definition) is 1. The van der Waals surface area contributed by atoms with Crippen molar-refractivity contribution < 1.29 is 18.6 Å². The van der Waals surface area contributed by atoms with E-state index in [0.29, 0.717) is 16.7 Å². The molecule has 2 atom stereocenters. The van der Waals surface area contributed by atoms with Gasteiger partial charge in [0.1, 0.15) is 11.8 Å². The highest BCUT2D eigenvalue weighted by Crippen LogP contribution is 2.49. The van der Waals surface area contributed by atoms with Crippen LogP contribution in [0.3, 0.4) is 0 Å². The van der Waals surface area contributed by atoms with E-state index in [1.54, 1.807) is 36.5 Å². The van der Waals surface area contributed by atoms with Crippen LogP contribution >= 0.6 is 18.1 Å². The maximum Gasteiger partial charge on any atom is 0.409 e. The molecule has 0 aliphatic heterocycles. The van der Waals surface area contributed by atoms with Gasteiger partial charge in [0.05, 0.1) is 12.1 Å². The fourth-order valence-electron chi connectivity index (χ4n) is 2.00. The first kappa shape index (κ1) is 19.7. The first-order chi connectivity index (χ1) is 11.6. The standard InChI is InChI=1S/C17H22ClN2O4P/c1-12(16(21)23-11-17(2,3)4)20-25(18,22)24-15-9-5-8-14-13(15)7-6-10-19-14/h5-10,12H,11H2,1-4H3,(H,20,22)/t12-,25?/m0/s1. The molecule has 0 radical (unpaired) electrons. The van der Waals surface area contributed by atoms with Crippen LogP contribution in [0.5, 0.6) is 5.75 Å². The zero-order chi connectivity index (χ0) is 18.7. The predicted molar refractivity (Wildman–Crippen MR) is 98.8 cm³/mol. The summed E-state index contributed by atoms with van der Waals surface area (Å²) in [5.74, 6) is -0.217. The number of esters is 1. The number of aromatic nitrogens is 1. The highest BCUT2D eigenvalue weighted by atomic mass is 35.7. The van der Waals surface area contributed by atoms with Crippen molar-refractivity contribution in [3.05, 3.63) is 36.5 Å². The number of benzene rings is 1. The quantitative estimate of drug-likeness (QED) is 0.582. The number of halogens is 1. The van der Waals surface area contributed by atoms with Crippen LogP contribution in [-0.2, 0) is 14.1 Å². The largest absolute Gasteiger partial charge is 0.464 e. The van der Waals surface area contributed by atoms with E-state index in [1.165, 1.54) is 6.92 Å². The summed E-state index contributed by atoms with van der Waals surface area (Å²) in [6.45, 7) is 3.81. The molecule has 2 rings (SSSR count). The van der Waals surface area contributed by atoms with E-state index in [9.17, 15) is 9.36 Å². The molecule has 0 amide bonds. The van der Waals surface area contributed by atoms with E-state index in [4.69, 9.17) is 20.5 Å². The summed E-state index contributed by atoms with van der Waals surface area (Å²) in [5.41, 5.74) is 0.529. The molecule has 1 aromatic carbocycles. The molecular weight excluding hydrogens is 363 g/mol. The zero-order valence-electron chi connectivity index (χ0n) is 14.7. The summed E-state index contributed by atoms with van der Waals surface area (Å²) in [5, 5.41) is 3.19. The third-order valence-corrected chi connectivity index (χ3v) is 4.80. The Morgan fingerprint density at radius 2 is 2.04 bits per heavy atom. The van der Waals surface area contributed by atoms with Crippen LogP contribution < -0.4 is 9.61 Å². The number of carbonyl (C=O) groups is 1. The van der Waals surface area contributed by atoms with Crippen LogP contribution in [0.1, 0.15) is 27.7 Å². The van der Waals surface area contributed by atoms with Gasteiger partial charge in [-0.3, -0.25) is 9.78 Å². The molecule has 0 spiro atoms. The molecule has 0 aliphatic carbocycles. The van der Waals surface area contributed by atoms with E-state index in [1.807, 2.05) is 20.8 Å². The number of fused-ring (bicyclic) bond motifs is 1. The van der Waals surface area contributed by atoms with Crippen LogP contribution in [0.2, 0.25) is 0 Å². The third-order valence-electron chi connectivity index (χ3n) is 3.17. The van der Waals surface area contributed by atoms with Crippen molar-refractivity contribution in [2.75, 3.05) is 6.61 Å². The lowest BCUT2D eigenvalue weighted by Gasteiger charge is -2.22. The second kappa shape index (κ2) is 7.73. The number of pyridine rings is 1. The number of rotatable bonds is 6. The van der Waals surface area contributed by atoms with E-state index in [2.05, 4.69) is 10.1 Å². The van der Waals surface area contributed by atoms with E-state index >= 15 is 0 Å². The first-order valence-electron chi connectivity index (χ1n) is 7.85. The Kier molecular flexibility index (Phi) is 6.09. The average molecular weight is 385 g/mol. The minimum atomic E-state index is -3.80. The van der Waals surface area contributed by atoms with Crippen LogP contribution in [-0.4, -0.2) is 23.6 Å². The summed E-state index contributed by atoms with van der Waals surface area (Å²) < 4.78 is 23.2. The molecule has 25 heavy (non-hydrogen) atoms. The van der Waals surface area contributed by atoms with Gasteiger partial charge in [0.25, 0.3) is 0 Å². The summed E-state index contributed by atoms with van der Waals surface area (Å²) >= 11 is 5.99. The third kappa shape index (κ3) is 5.99. The van der Waals surface area contributed by atoms with Crippen LogP contribution in [0.4, 0.5) is 0 Å². The lowest BCUT2D eigenvalue weighted by molar-refractivity contribution is -0.147. The molecule has 1 unspecified atom stereocenters. The van der Waals surface area contributed by atoms with Gasteiger partial charge in [0.15, 0.2) is 0 Å². The molecule has 0 aliphatic rings. The average Bonchev–Trinajstić information content (AvgIpc) is 2.51. The van der Waals surface area contributed by atoms with Gasteiger partial charge in [-0.2, -0.15) is 0 Å². The minimum absolute atomic E-state index is 0.160. The Hall–Kier alpha value is -1.62. The normalized spacial score (nSPS) is 15.4. The van der Waals surface area contributed by atoms with Gasteiger partial charge in [0, 0.05) is 22.8 Å². The van der Waals surface area contributed by atoms with E-state index in [-0.39, 0.29) is 12.0 Å². The number of carbonyl (C=O) groups excluding carboxylic acids is 1. The van der Waals surface area contributed by atoms with Crippen molar-refractivity contribution in [3.63, 3.8) is 0 Å². The van der Waals surface area contributed by atoms with Crippen LogP contribution in [0, 0.1) is 5.41 Å². The fourth-order valence-corrected chi connectivity index (χ4v) is 3.70. The van der Waals surface area contributed by atoms with Gasteiger partial charge >= 0.3 is 12.8 Å². The number of ether oxygens (including phenoxy) is 1. The first-order valence-corrected chi connectivity index (χ1v) is 10.4. The lowest BCUT2D eigenvalue weighted by Crippen LogP contribution is -2.35. The Bertz CT molecular complexity index is 801. The predicted octanol–water partition coefficient (Wildman–Crippen LogP) is 4.53. The van der Waals surface area contributed by atoms with Crippen molar-refractivity contribution in [1.29, 1.82) is 0 Å². The molecule has 1 heterocycles. The molecule has 136 valence electrons. The number of nitrogens with zero attached hydrogens (tertiary/aromatic N) is 1. The van der Waals surface area contributed by atoms with Crippen molar-refractivity contribution >= 4 is 35.0 Å². The van der Waals surface area contributed by atoms with Crippen molar-refractivity contribution in [2.24, 2.45) is 5.41 Å². The van der Waals surface area contributed by atoms with Crippen molar-refractivity contribution in [3.8, 4) is 5.75 Å². The molecule has 1 aromatic heterocycles. The van der Waals surface area contributed by atoms with Gasteiger partial charge in [-0.25, -0.2) is 9.65 Å². The van der Waals surface area contributed by atoms with E-state index in [0.717, 1.165) is 0 Å². The van der Waals surface area contributed by atoms with Gasteiger partial charge in [0.2, 0.25) is 0 Å². The van der Waals surface area contributed by atoms with Crippen molar-refractivity contribution in [2.45, 2.75) is 33.7 Å². The highest BCUT2D eigenvalue weighted by molar-refractivity contribution is 7.84. The van der Waals surface area contributed by atoms with Gasteiger partial charge in [-0.05, 0) is 36.6 Å². The SMILES string of the molecule is C[C@H](NP(=O)(Cl)Oc1cccc2ncccc12)C(=O)OCC(C)(C)C. The second-order valence-electron chi connectivity index (χ2n) is 6.92. The Labute approximate surface area is 152 Å². The van der Waals surface area contributed by atoms with Crippen LogP contribution in [0.25, 0.3) is 10.9 Å². The summed E-state index contributed by atoms with van der Waals surface area (Å²) in [6.07, 6.45) is 1.65. The highest BCUT2D eigenvalue weighted by Gasteiger charge is 2.29. The van der Waals surface area contributed by atoms with Gasteiger partial charge in [-0.15, -0.1) is 0 Å². The maximum atomic E-state index is 12.5. The number of nitrogens with one attached hydrogen (secondary N) is 1. The Morgan fingerprint density at radius 1 is 1.32 bits per heavy atom. The van der Waals surface area contributed by atoms with Gasteiger partial charge < -0.3 is 9.26 Å². The topological polar surface area (TPSA) is 77.5 Å². The molecule has 0 fully saturated rings. The zero-order valence-corrected chi connectivity index (χ0v) is 16.3. The molecule has 8 heteroatoms. The molecular formula is C17H22ClN2O4P. The monoisotopic (exact) mass is 384 g/mol. The molecule has 0 saturated heterocycles. The summed E-state index contributed by atoms with van der Waals surface area (Å²) in [4.78, 5) is 16.2. The van der Waals surface area contributed by atoms with Gasteiger partial charge in [-0.1, -0.05) is 26.8 Å². The lowest BCUT2D eigenvalue weighted by atomic mass is 9.99. The maximum absolute atomic E-state index is 12.5. The Balaban J connectivity index is 2.06. The second-order valence-corrected chi connectivity index (χ2v) is 9.65. The fraction of sp³-hybridized carbons (Fsp3) is 0.412. The molecule has 0 saturated carbocycles. The van der Waals surface area contributed by atoms with Crippen molar-refractivity contribution in [1.82, 2.24) is 10.1 Å². The number of hydrogen-bond acceptors (Lipinski definition) is 5. The molecule has 1 N–H and O–H groups in total. The van der Waals surface area contributed by atoms with E-state index < -0.39 is 18.9 Å². The molecule has 6 nitrogen and oxygen atoms in total. The summed E-state index contributed by atoms with van der Waals surface area (Å²) in [7, 11) is 0.